The number of hydrogen-bond donors (Lipinski definition) is 2. The number of hydrogen-bond acceptors (Lipinski definition) is 6. The van der Waals surface area contributed by atoms with Gasteiger partial charge in [0.15, 0.2) is 0 Å². The van der Waals surface area contributed by atoms with Crippen LogP contribution < -0.4 is 10.6 Å². The summed E-state index contributed by atoms with van der Waals surface area (Å²) in [6.07, 6.45) is -1.59. The number of ether oxygens (including phenoxy) is 2. The van der Waals surface area contributed by atoms with Gasteiger partial charge in [0, 0.05) is 4.92 Å². The predicted octanol–water partition coefficient (Wildman–Crippen LogP) is 3.82. The lowest BCUT2D eigenvalue weighted by Gasteiger charge is -2.28. The number of amides is 2. The van der Waals surface area contributed by atoms with Crippen molar-refractivity contribution in [1.29, 1.82) is 0 Å². The lowest BCUT2D eigenvalue weighted by Crippen LogP contribution is -2.50. The number of nitro groups is 1. The summed E-state index contributed by atoms with van der Waals surface area (Å²) < 4.78 is 10.5. The topological polar surface area (TPSA) is 120 Å². The molecule has 1 unspecified atom stereocenters. The van der Waals surface area contributed by atoms with Crippen LogP contribution in [0.3, 0.4) is 0 Å². The van der Waals surface area contributed by atoms with Crippen LogP contribution in [0.2, 0.25) is 0 Å². The molecule has 2 rings (SSSR count). The molecular formula is C22H27N3O6. The van der Waals surface area contributed by atoms with E-state index in [0.29, 0.717) is 5.56 Å². The van der Waals surface area contributed by atoms with E-state index < -0.39 is 41.3 Å². The van der Waals surface area contributed by atoms with Crippen LogP contribution in [0.4, 0.5) is 9.59 Å². The first-order valence-electron chi connectivity index (χ1n) is 9.77. The molecule has 2 aromatic carbocycles. The number of nitrogens with one attached hydrogen (secondary N) is 2. The van der Waals surface area contributed by atoms with Crippen molar-refractivity contribution in [2.45, 2.75) is 45.1 Å². The van der Waals surface area contributed by atoms with Crippen LogP contribution in [0.1, 0.15) is 37.9 Å². The summed E-state index contributed by atoms with van der Waals surface area (Å²) in [4.78, 5) is 35.5. The van der Waals surface area contributed by atoms with Crippen LogP contribution in [-0.4, -0.2) is 35.3 Å². The molecule has 0 bridgehead atoms. The van der Waals surface area contributed by atoms with E-state index in [1.165, 1.54) is 0 Å². The molecule has 0 heterocycles. The van der Waals surface area contributed by atoms with Crippen LogP contribution in [0.15, 0.2) is 60.7 Å². The van der Waals surface area contributed by atoms with Crippen molar-refractivity contribution in [3.05, 3.63) is 81.9 Å². The van der Waals surface area contributed by atoms with Gasteiger partial charge in [-0.15, -0.1) is 0 Å². The average molecular weight is 429 g/mol. The standard InChI is InChI=1S/C22H27N3O6/c1-22(2,3)31-21(27)24-19(17-12-8-5-9-13-17)18(14-25(28)29)23-20(26)30-15-16-10-6-4-7-11-16/h4-13,18-19H,14-15H2,1-3H3,(H,23,26)(H,24,27)/t18?,19-/m0/s1. The minimum atomic E-state index is -1.08. The number of carbonyl (C=O) groups excluding carboxylic acids is 2. The van der Waals surface area contributed by atoms with Gasteiger partial charge in [0.25, 0.3) is 0 Å². The molecular weight excluding hydrogens is 402 g/mol. The number of rotatable bonds is 8. The maximum absolute atomic E-state index is 12.4. The molecule has 0 fully saturated rings. The Morgan fingerprint density at radius 3 is 2.10 bits per heavy atom. The first-order chi connectivity index (χ1) is 14.6. The van der Waals surface area contributed by atoms with Crippen LogP contribution in [-0.2, 0) is 16.1 Å². The van der Waals surface area contributed by atoms with Crippen molar-refractivity contribution in [2.75, 3.05) is 6.54 Å². The third kappa shape index (κ3) is 8.73. The van der Waals surface area contributed by atoms with Crippen molar-refractivity contribution in [1.82, 2.24) is 10.6 Å². The second-order valence-corrected chi connectivity index (χ2v) is 7.86. The molecule has 0 saturated carbocycles. The van der Waals surface area contributed by atoms with Gasteiger partial charge < -0.3 is 20.1 Å². The Morgan fingerprint density at radius 1 is 0.968 bits per heavy atom. The highest BCUT2D eigenvalue weighted by Gasteiger charge is 2.32. The largest absolute Gasteiger partial charge is 0.445 e. The third-order valence-corrected chi connectivity index (χ3v) is 4.10. The third-order valence-electron chi connectivity index (χ3n) is 4.10. The van der Waals surface area contributed by atoms with Crippen molar-refractivity contribution in [3.63, 3.8) is 0 Å². The highest BCUT2D eigenvalue weighted by atomic mass is 16.6. The average Bonchev–Trinajstić information content (AvgIpc) is 2.70. The fourth-order valence-corrected chi connectivity index (χ4v) is 2.82. The SMILES string of the molecule is CC(C)(C)OC(=O)N[C@@H](c1ccccc1)C(C[N+](=O)[O-])NC(=O)OCc1ccccc1. The lowest BCUT2D eigenvalue weighted by molar-refractivity contribution is -0.484. The van der Waals surface area contributed by atoms with E-state index in [-0.39, 0.29) is 6.61 Å². The van der Waals surface area contributed by atoms with Gasteiger partial charge in [-0.1, -0.05) is 60.7 Å². The summed E-state index contributed by atoms with van der Waals surface area (Å²) in [6, 6.07) is 15.7. The monoisotopic (exact) mass is 429 g/mol. The molecule has 0 radical (unpaired) electrons. The van der Waals surface area contributed by atoms with Crippen LogP contribution >= 0.6 is 0 Å². The normalized spacial score (nSPS) is 12.9. The number of benzene rings is 2. The van der Waals surface area contributed by atoms with Crippen molar-refractivity contribution in [3.8, 4) is 0 Å². The van der Waals surface area contributed by atoms with Gasteiger partial charge >= 0.3 is 12.2 Å². The maximum atomic E-state index is 12.4. The quantitative estimate of drug-likeness (QED) is 0.486. The Balaban J connectivity index is 2.18. The molecule has 2 atom stereocenters. The molecule has 31 heavy (non-hydrogen) atoms. The van der Waals surface area contributed by atoms with Gasteiger partial charge in [-0.25, -0.2) is 9.59 Å². The molecule has 0 aliphatic carbocycles. The van der Waals surface area contributed by atoms with Crippen LogP contribution in [0, 0.1) is 10.1 Å². The van der Waals surface area contributed by atoms with Crippen molar-refractivity contribution < 1.29 is 24.0 Å². The van der Waals surface area contributed by atoms with Crippen molar-refractivity contribution in [2.24, 2.45) is 0 Å². The molecule has 9 nitrogen and oxygen atoms in total. The maximum Gasteiger partial charge on any atom is 0.408 e. The smallest absolute Gasteiger partial charge is 0.408 e. The Morgan fingerprint density at radius 2 is 1.55 bits per heavy atom. The molecule has 166 valence electrons. The first kappa shape index (κ1) is 23.7. The zero-order valence-corrected chi connectivity index (χ0v) is 17.7. The molecule has 2 amide bonds. The van der Waals surface area contributed by atoms with E-state index in [4.69, 9.17) is 9.47 Å². The molecule has 9 heteroatoms. The van der Waals surface area contributed by atoms with Gasteiger partial charge in [-0.05, 0) is 31.9 Å². The Kier molecular flexibility index (Phi) is 8.36. The minimum absolute atomic E-state index is 0.00730. The number of nitrogens with zero attached hydrogens (tertiary/aromatic N) is 1. The molecule has 2 aromatic rings. The minimum Gasteiger partial charge on any atom is -0.445 e. The first-order valence-corrected chi connectivity index (χ1v) is 9.77. The highest BCUT2D eigenvalue weighted by Crippen LogP contribution is 2.19. The summed E-state index contributed by atoms with van der Waals surface area (Å²) in [6.45, 7) is 4.50. The van der Waals surface area contributed by atoms with E-state index in [2.05, 4.69) is 10.6 Å². The highest BCUT2D eigenvalue weighted by molar-refractivity contribution is 5.70. The van der Waals surface area contributed by atoms with E-state index >= 15 is 0 Å². The zero-order chi connectivity index (χ0) is 22.9. The van der Waals surface area contributed by atoms with Crippen LogP contribution in [0.25, 0.3) is 0 Å². The van der Waals surface area contributed by atoms with E-state index in [9.17, 15) is 19.7 Å². The van der Waals surface area contributed by atoms with Crippen LogP contribution in [0.5, 0.6) is 0 Å². The van der Waals surface area contributed by atoms with Gasteiger partial charge in [0.05, 0.1) is 6.04 Å². The zero-order valence-electron chi connectivity index (χ0n) is 17.7. The molecule has 0 aliphatic rings. The Hall–Kier alpha value is -3.62. The second kappa shape index (κ2) is 11.0. The predicted molar refractivity (Wildman–Crippen MR) is 114 cm³/mol. The molecule has 0 spiro atoms. The molecule has 2 N–H and O–H groups in total. The molecule has 0 aliphatic heterocycles. The molecule has 0 saturated heterocycles. The summed E-state index contributed by atoms with van der Waals surface area (Å²) in [5.74, 6) is 0. The molecule has 0 aromatic heterocycles. The fourth-order valence-electron chi connectivity index (χ4n) is 2.82. The summed E-state index contributed by atoms with van der Waals surface area (Å²) >= 11 is 0. The Labute approximate surface area is 180 Å². The summed E-state index contributed by atoms with van der Waals surface area (Å²) in [5, 5.41) is 16.4. The fraction of sp³-hybridized carbons (Fsp3) is 0.364. The van der Waals surface area contributed by atoms with Gasteiger partial charge in [0.1, 0.15) is 18.2 Å². The number of alkyl carbamates (subject to hydrolysis) is 2. The van der Waals surface area contributed by atoms with Gasteiger partial charge in [-0.2, -0.15) is 0 Å². The van der Waals surface area contributed by atoms with Gasteiger partial charge in [-0.3, -0.25) is 10.1 Å². The summed E-state index contributed by atoms with van der Waals surface area (Å²) in [5.41, 5.74) is 0.588. The van der Waals surface area contributed by atoms with Crippen molar-refractivity contribution >= 4 is 12.2 Å². The van der Waals surface area contributed by atoms with E-state index in [0.717, 1.165) is 5.56 Å². The number of carbonyl (C=O) groups is 2. The summed E-state index contributed by atoms with van der Waals surface area (Å²) in [7, 11) is 0. The lowest BCUT2D eigenvalue weighted by atomic mass is 9.99. The van der Waals surface area contributed by atoms with E-state index in [1.807, 2.05) is 18.2 Å². The second-order valence-electron chi connectivity index (χ2n) is 7.86. The van der Waals surface area contributed by atoms with E-state index in [1.54, 1.807) is 63.2 Å². The van der Waals surface area contributed by atoms with Gasteiger partial charge in [0.2, 0.25) is 6.54 Å². The Bertz CT molecular complexity index is 868.